The van der Waals surface area contributed by atoms with Crippen LogP contribution in [0.15, 0.2) is 24.3 Å². The average molecular weight is 390 g/mol. The van der Waals surface area contributed by atoms with Crippen LogP contribution in [0, 0.1) is 23.2 Å². The number of rotatable bonds is 2. The molecular formula is C22H28ClNOS. The Morgan fingerprint density at radius 3 is 2.35 bits per heavy atom. The van der Waals surface area contributed by atoms with Gasteiger partial charge in [0.2, 0.25) is 5.91 Å². The quantitative estimate of drug-likeness (QED) is 0.659. The van der Waals surface area contributed by atoms with Crippen molar-refractivity contribution in [3.05, 3.63) is 34.9 Å². The average Bonchev–Trinajstić information content (AvgIpc) is 2.86. The van der Waals surface area contributed by atoms with Crippen LogP contribution in [0.4, 0.5) is 0 Å². The molecule has 1 saturated heterocycles. The third-order valence-corrected chi connectivity index (χ3v) is 9.03. The van der Waals surface area contributed by atoms with E-state index < -0.39 is 0 Å². The molecule has 0 N–H and O–H groups in total. The molecule has 1 aromatic rings. The van der Waals surface area contributed by atoms with E-state index in [-0.39, 0.29) is 5.41 Å². The molecule has 140 valence electrons. The highest BCUT2D eigenvalue weighted by Gasteiger charge is 2.55. The number of carbonyl (C=O) groups excluding carboxylic acids is 1. The zero-order valence-electron chi connectivity index (χ0n) is 15.3. The molecule has 26 heavy (non-hydrogen) atoms. The number of nitrogens with zero attached hydrogens (tertiary/aromatic N) is 1. The van der Waals surface area contributed by atoms with E-state index >= 15 is 0 Å². The van der Waals surface area contributed by atoms with Crippen molar-refractivity contribution in [1.29, 1.82) is 0 Å². The molecule has 0 spiro atoms. The summed E-state index contributed by atoms with van der Waals surface area (Å²) >= 11 is 8.40. The Morgan fingerprint density at radius 2 is 1.69 bits per heavy atom. The molecule has 1 amide bonds. The van der Waals surface area contributed by atoms with Crippen LogP contribution in [-0.4, -0.2) is 29.6 Å². The SMILES string of the molecule is O=C(N1CCSC(c2ccccc2Cl)CC1)C12CC3CC(CC(C3)C1)C2. The van der Waals surface area contributed by atoms with Crippen LogP contribution in [0.3, 0.4) is 0 Å². The predicted molar refractivity (Wildman–Crippen MR) is 108 cm³/mol. The van der Waals surface area contributed by atoms with Gasteiger partial charge in [-0.05, 0) is 74.3 Å². The first-order chi connectivity index (χ1) is 12.6. The number of amides is 1. The third kappa shape index (κ3) is 2.99. The Balaban J connectivity index is 1.31. The summed E-state index contributed by atoms with van der Waals surface area (Å²) in [6.45, 7) is 1.80. The van der Waals surface area contributed by atoms with Gasteiger partial charge in [0.25, 0.3) is 0 Å². The lowest BCUT2D eigenvalue weighted by Crippen LogP contribution is -2.54. The fourth-order valence-electron chi connectivity index (χ4n) is 6.67. The van der Waals surface area contributed by atoms with Gasteiger partial charge in [-0.25, -0.2) is 0 Å². The molecule has 4 heteroatoms. The second-order valence-corrected chi connectivity index (χ2v) is 10.9. The zero-order valence-corrected chi connectivity index (χ0v) is 16.9. The Hall–Kier alpha value is -0.670. The zero-order chi connectivity index (χ0) is 17.7. The Morgan fingerprint density at radius 1 is 1.04 bits per heavy atom. The summed E-state index contributed by atoms with van der Waals surface area (Å²) in [6.07, 6.45) is 8.75. The van der Waals surface area contributed by atoms with Crippen LogP contribution in [0.2, 0.25) is 5.02 Å². The van der Waals surface area contributed by atoms with Crippen LogP contribution >= 0.6 is 23.4 Å². The Labute approximate surface area is 166 Å². The van der Waals surface area contributed by atoms with Crippen molar-refractivity contribution in [3.8, 4) is 0 Å². The van der Waals surface area contributed by atoms with Gasteiger partial charge in [-0.3, -0.25) is 4.79 Å². The highest BCUT2D eigenvalue weighted by atomic mass is 35.5. The second-order valence-electron chi connectivity index (χ2n) is 9.16. The van der Waals surface area contributed by atoms with Crippen LogP contribution in [0.5, 0.6) is 0 Å². The van der Waals surface area contributed by atoms with Crippen molar-refractivity contribution in [2.75, 3.05) is 18.8 Å². The van der Waals surface area contributed by atoms with Gasteiger partial charge in [-0.15, -0.1) is 0 Å². The molecule has 0 aromatic heterocycles. The molecule has 4 bridgehead atoms. The predicted octanol–water partition coefficient (Wildman–Crippen LogP) is 5.56. The van der Waals surface area contributed by atoms with Gasteiger partial charge in [0.1, 0.15) is 0 Å². The number of hydrogen-bond donors (Lipinski definition) is 0. The lowest BCUT2D eigenvalue weighted by atomic mass is 9.49. The molecule has 1 aromatic carbocycles. The number of carbonyl (C=O) groups is 1. The summed E-state index contributed by atoms with van der Waals surface area (Å²) in [6, 6.07) is 8.21. The first kappa shape index (κ1) is 17.4. The largest absolute Gasteiger partial charge is 0.341 e. The van der Waals surface area contributed by atoms with Crippen molar-refractivity contribution in [2.45, 2.75) is 50.2 Å². The smallest absolute Gasteiger partial charge is 0.228 e. The van der Waals surface area contributed by atoms with Crippen LogP contribution in [0.1, 0.15) is 55.8 Å². The number of hydrogen-bond acceptors (Lipinski definition) is 2. The number of benzene rings is 1. The molecule has 5 fully saturated rings. The second kappa shape index (κ2) is 6.74. The molecule has 1 heterocycles. The summed E-state index contributed by atoms with van der Waals surface area (Å²) in [4.78, 5) is 15.8. The lowest BCUT2D eigenvalue weighted by Gasteiger charge is -2.56. The molecule has 1 unspecified atom stereocenters. The van der Waals surface area contributed by atoms with Crippen molar-refractivity contribution in [2.24, 2.45) is 23.2 Å². The monoisotopic (exact) mass is 389 g/mol. The standard InChI is InChI=1S/C22H28ClNOS/c23-19-4-2-1-3-18(19)20-5-6-24(7-8-26-20)21(25)22-12-15-9-16(13-22)11-17(10-15)14-22/h1-4,15-17,20H,5-14H2. The van der Waals surface area contributed by atoms with Gasteiger partial charge in [-0.1, -0.05) is 29.8 Å². The van der Waals surface area contributed by atoms with Gasteiger partial charge < -0.3 is 4.90 Å². The van der Waals surface area contributed by atoms with E-state index in [0.717, 1.165) is 48.0 Å². The molecule has 5 aliphatic rings. The Kier molecular flexibility index (Phi) is 4.52. The van der Waals surface area contributed by atoms with Gasteiger partial charge in [0, 0.05) is 29.1 Å². The highest BCUT2D eigenvalue weighted by molar-refractivity contribution is 7.99. The van der Waals surface area contributed by atoms with Gasteiger partial charge in [0.15, 0.2) is 0 Å². The first-order valence-corrected chi connectivity index (χ1v) is 11.7. The Bertz CT molecular complexity index is 670. The van der Waals surface area contributed by atoms with Crippen molar-refractivity contribution in [3.63, 3.8) is 0 Å². The van der Waals surface area contributed by atoms with Crippen LogP contribution in [-0.2, 0) is 4.79 Å². The molecule has 4 aliphatic carbocycles. The number of halogens is 1. The maximum absolute atomic E-state index is 13.6. The minimum Gasteiger partial charge on any atom is -0.341 e. The topological polar surface area (TPSA) is 20.3 Å². The molecule has 0 radical (unpaired) electrons. The van der Waals surface area contributed by atoms with Crippen molar-refractivity contribution in [1.82, 2.24) is 4.90 Å². The maximum Gasteiger partial charge on any atom is 0.228 e. The summed E-state index contributed by atoms with van der Waals surface area (Å²) < 4.78 is 0. The van der Waals surface area contributed by atoms with Crippen LogP contribution in [0.25, 0.3) is 0 Å². The van der Waals surface area contributed by atoms with E-state index in [4.69, 9.17) is 11.6 Å². The fraction of sp³-hybridized carbons (Fsp3) is 0.682. The van der Waals surface area contributed by atoms with Gasteiger partial charge >= 0.3 is 0 Å². The van der Waals surface area contributed by atoms with Crippen molar-refractivity contribution >= 4 is 29.3 Å². The summed E-state index contributed by atoms with van der Waals surface area (Å²) in [7, 11) is 0. The molecule has 1 aliphatic heterocycles. The fourth-order valence-corrected chi connectivity index (χ4v) is 8.27. The lowest BCUT2D eigenvalue weighted by molar-refractivity contribution is -0.157. The molecular weight excluding hydrogens is 362 g/mol. The third-order valence-electron chi connectivity index (χ3n) is 7.37. The minimum atomic E-state index is 0.00362. The van der Waals surface area contributed by atoms with E-state index in [0.29, 0.717) is 11.2 Å². The summed E-state index contributed by atoms with van der Waals surface area (Å²) in [5.74, 6) is 4.03. The van der Waals surface area contributed by atoms with E-state index in [1.165, 1.54) is 44.1 Å². The molecule has 1 atom stereocenters. The van der Waals surface area contributed by atoms with Gasteiger partial charge in [-0.2, -0.15) is 11.8 Å². The van der Waals surface area contributed by atoms with Gasteiger partial charge in [0.05, 0.1) is 5.41 Å². The van der Waals surface area contributed by atoms with Crippen LogP contribution < -0.4 is 0 Å². The van der Waals surface area contributed by atoms with E-state index in [1.54, 1.807) is 0 Å². The number of thioether (sulfide) groups is 1. The first-order valence-electron chi connectivity index (χ1n) is 10.3. The molecule has 2 nitrogen and oxygen atoms in total. The maximum atomic E-state index is 13.6. The molecule has 4 saturated carbocycles. The normalized spacial score (nSPS) is 39.0. The minimum absolute atomic E-state index is 0.00362. The van der Waals surface area contributed by atoms with E-state index in [9.17, 15) is 4.79 Å². The van der Waals surface area contributed by atoms with Crippen molar-refractivity contribution < 1.29 is 4.79 Å². The van der Waals surface area contributed by atoms with E-state index in [1.807, 2.05) is 23.9 Å². The highest BCUT2D eigenvalue weighted by Crippen LogP contribution is 2.60. The summed E-state index contributed by atoms with van der Waals surface area (Å²) in [5.41, 5.74) is 1.24. The summed E-state index contributed by atoms with van der Waals surface area (Å²) in [5, 5.41) is 1.28. The molecule has 6 rings (SSSR count). The van der Waals surface area contributed by atoms with E-state index in [2.05, 4.69) is 17.0 Å².